The van der Waals surface area contributed by atoms with E-state index in [2.05, 4.69) is 39.0 Å². The van der Waals surface area contributed by atoms with Gasteiger partial charge in [0.05, 0.1) is 0 Å². The van der Waals surface area contributed by atoms with E-state index in [1.54, 1.807) is 5.57 Å². The highest BCUT2D eigenvalue weighted by molar-refractivity contribution is 5.57. The van der Waals surface area contributed by atoms with Gasteiger partial charge in [0.1, 0.15) is 0 Å². The van der Waals surface area contributed by atoms with Gasteiger partial charge in [-0.25, -0.2) is 0 Å². The summed E-state index contributed by atoms with van der Waals surface area (Å²) in [5, 5.41) is 0. The predicted octanol–water partition coefficient (Wildman–Crippen LogP) is 3.23. The van der Waals surface area contributed by atoms with Crippen molar-refractivity contribution in [1.82, 2.24) is 0 Å². The Hall–Kier alpha value is -0.780. The fourth-order valence-electron chi connectivity index (χ4n) is 2.24. The molecule has 0 amide bonds. The molecule has 0 saturated heterocycles. The van der Waals surface area contributed by atoms with E-state index in [0.717, 1.165) is 0 Å². The minimum Gasteiger partial charge on any atom is -0.0649 e. The molecule has 2 aliphatic carbocycles. The summed E-state index contributed by atoms with van der Waals surface area (Å²) < 4.78 is 0. The maximum atomic E-state index is 2.32. The average molecular weight is 146 g/mol. The highest BCUT2D eigenvalue weighted by Gasteiger charge is 2.33. The molecule has 0 aromatic carbocycles. The van der Waals surface area contributed by atoms with E-state index in [4.69, 9.17) is 0 Å². The minimum atomic E-state index is 0.392. The van der Waals surface area contributed by atoms with Crippen molar-refractivity contribution in [2.45, 2.75) is 27.2 Å². The topological polar surface area (TPSA) is 0 Å². The number of fused-ring (bicyclic) bond motifs is 1. The van der Waals surface area contributed by atoms with E-state index < -0.39 is 0 Å². The van der Waals surface area contributed by atoms with E-state index in [-0.39, 0.29) is 0 Å². The maximum absolute atomic E-state index is 2.32. The van der Waals surface area contributed by atoms with Gasteiger partial charge in [0.2, 0.25) is 0 Å². The van der Waals surface area contributed by atoms with Gasteiger partial charge >= 0.3 is 0 Å². The van der Waals surface area contributed by atoms with Gasteiger partial charge in [-0.15, -0.1) is 0 Å². The second-order valence-corrected chi connectivity index (χ2v) is 4.19. The van der Waals surface area contributed by atoms with Crippen LogP contribution in [0.4, 0.5) is 0 Å². The van der Waals surface area contributed by atoms with E-state index >= 15 is 0 Å². The van der Waals surface area contributed by atoms with Gasteiger partial charge < -0.3 is 0 Å². The molecule has 58 valence electrons. The first-order valence-corrected chi connectivity index (χ1v) is 4.20. The zero-order chi connectivity index (χ0) is 8.06. The largest absolute Gasteiger partial charge is 0.0649 e. The van der Waals surface area contributed by atoms with Crippen LogP contribution in [-0.2, 0) is 0 Å². The molecule has 0 unspecified atom stereocenters. The summed E-state index contributed by atoms with van der Waals surface area (Å²) in [6.07, 6.45) is 7.89. The highest BCUT2D eigenvalue weighted by atomic mass is 14.4. The minimum absolute atomic E-state index is 0.392. The molecule has 0 nitrogen and oxygen atoms in total. The Balaban J connectivity index is 2.51. The third-order valence-electron chi connectivity index (χ3n) is 2.71. The van der Waals surface area contributed by atoms with Gasteiger partial charge in [-0.3, -0.25) is 0 Å². The van der Waals surface area contributed by atoms with Crippen molar-refractivity contribution < 1.29 is 0 Å². The van der Waals surface area contributed by atoms with Crippen molar-refractivity contribution in [3.8, 4) is 0 Å². The molecule has 2 rings (SSSR count). The summed E-state index contributed by atoms with van der Waals surface area (Å²) in [6.45, 7) is 6.89. The summed E-state index contributed by atoms with van der Waals surface area (Å²) in [5.74, 6) is 0. The van der Waals surface area contributed by atoms with Crippen molar-refractivity contribution in [3.63, 3.8) is 0 Å². The number of rotatable bonds is 0. The van der Waals surface area contributed by atoms with Crippen LogP contribution < -0.4 is 0 Å². The maximum Gasteiger partial charge on any atom is -0.00603 e. The lowest BCUT2D eigenvalue weighted by atomic mass is 9.85. The molecule has 2 aliphatic rings. The molecule has 11 heavy (non-hydrogen) atoms. The fourth-order valence-corrected chi connectivity index (χ4v) is 2.24. The molecule has 0 heterocycles. The molecular weight excluding hydrogens is 132 g/mol. The third-order valence-corrected chi connectivity index (χ3v) is 2.71. The van der Waals surface area contributed by atoms with Gasteiger partial charge in [0.15, 0.2) is 0 Å². The fraction of sp³-hybridized carbons (Fsp3) is 0.455. The highest BCUT2D eigenvalue weighted by Crippen LogP contribution is 2.48. The third kappa shape index (κ3) is 0.819. The quantitative estimate of drug-likeness (QED) is 0.492. The van der Waals surface area contributed by atoms with Crippen LogP contribution in [0.5, 0.6) is 0 Å². The summed E-state index contributed by atoms with van der Waals surface area (Å²) in [5.41, 5.74) is 4.98. The van der Waals surface area contributed by atoms with Crippen LogP contribution in [0, 0.1) is 5.41 Å². The van der Waals surface area contributed by atoms with E-state index in [1.165, 1.54) is 17.6 Å². The Morgan fingerprint density at radius 3 is 2.73 bits per heavy atom. The van der Waals surface area contributed by atoms with Crippen molar-refractivity contribution in [2.24, 2.45) is 5.41 Å². The Morgan fingerprint density at radius 1 is 1.36 bits per heavy atom. The van der Waals surface area contributed by atoms with Crippen molar-refractivity contribution in [1.29, 1.82) is 0 Å². The Labute approximate surface area is 68.3 Å². The van der Waals surface area contributed by atoms with Crippen molar-refractivity contribution in [2.75, 3.05) is 0 Å². The standard InChI is InChI=1S/C11H14/c1-8-7-11(2,3)10-6-4-5-9(8)10/h4-6H,7H2,1-3H3. The molecule has 0 fully saturated rings. The van der Waals surface area contributed by atoms with Crippen molar-refractivity contribution >= 4 is 0 Å². The first-order valence-electron chi connectivity index (χ1n) is 4.20. The molecule has 0 heteroatoms. The van der Waals surface area contributed by atoms with Crippen molar-refractivity contribution in [3.05, 3.63) is 34.9 Å². The van der Waals surface area contributed by atoms with Gasteiger partial charge in [0.25, 0.3) is 0 Å². The van der Waals surface area contributed by atoms with E-state index in [0.29, 0.717) is 5.41 Å². The van der Waals surface area contributed by atoms with Gasteiger partial charge in [-0.2, -0.15) is 0 Å². The predicted molar refractivity (Wildman–Crippen MR) is 48.3 cm³/mol. The van der Waals surface area contributed by atoms with Gasteiger partial charge in [-0.05, 0) is 29.9 Å². The Bertz CT molecular complexity index is 285. The van der Waals surface area contributed by atoms with Crippen LogP contribution in [0.3, 0.4) is 0 Å². The summed E-state index contributed by atoms with van der Waals surface area (Å²) in [4.78, 5) is 0. The lowest BCUT2D eigenvalue weighted by molar-refractivity contribution is 0.474. The first kappa shape index (κ1) is 6.90. The Kier molecular flexibility index (Phi) is 1.18. The van der Waals surface area contributed by atoms with Gasteiger partial charge in [0, 0.05) is 0 Å². The molecule has 0 saturated carbocycles. The average Bonchev–Trinajstić information content (AvgIpc) is 2.37. The van der Waals surface area contributed by atoms with Crippen LogP contribution in [0.1, 0.15) is 27.2 Å². The van der Waals surface area contributed by atoms with Crippen LogP contribution in [0.15, 0.2) is 34.9 Å². The lowest BCUT2D eigenvalue weighted by Gasteiger charge is -2.19. The van der Waals surface area contributed by atoms with Crippen LogP contribution in [0.25, 0.3) is 0 Å². The molecule has 0 aliphatic heterocycles. The normalized spacial score (nSPS) is 25.9. The number of allylic oxidation sites excluding steroid dienone is 6. The number of hydrogen-bond acceptors (Lipinski definition) is 0. The summed E-state index contributed by atoms with van der Waals surface area (Å²) in [6, 6.07) is 0. The van der Waals surface area contributed by atoms with Crippen LogP contribution >= 0.6 is 0 Å². The number of hydrogen-bond donors (Lipinski definition) is 0. The molecule has 0 bridgehead atoms. The molecule has 0 aromatic rings. The lowest BCUT2D eigenvalue weighted by Crippen LogP contribution is -2.08. The van der Waals surface area contributed by atoms with E-state index in [9.17, 15) is 0 Å². The molecule has 0 radical (unpaired) electrons. The zero-order valence-corrected chi connectivity index (χ0v) is 7.44. The van der Waals surface area contributed by atoms with E-state index in [1.807, 2.05) is 0 Å². The monoisotopic (exact) mass is 146 g/mol. The SMILES string of the molecule is CC1=C2C=CC=C2C(C)(C)C1. The van der Waals surface area contributed by atoms with Crippen LogP contribution in [-0.4, -0.2) is 0 Å². The zero-order valence-electron chi connectivity index (χ0n) is 7.44. The van der Waals surface area contributed by atoms with Gasteiger partial charge in [-0.1, -0.05) is 37.6 Å². The second kappa shape index (κ2) is 1.88. The molecular formula is C11H14. The molecule has 0 atom stereocenters. The summed E-state index contributed by atoms with van der Waals surface area (Å²) >= 11 is 0. The smallest absolute Gasteiger partial charge is 0.00603 e. The molecule has 0 N–H and O–H groups in total. The molecule has 0 aromatic heterocycles. The second-order valence-electron chi connectivity index (χ2n) is 4.19. The van der Waals surface area contributed by atoms with Crippen LogP contribution in [0.2, 0.25) is 0 Å². The Morgan fingerprint density at radius 2 is 2.09 bits per heavy atom. The summed E-state index contributed by atoms with van der Waals surface area (Å²) in [7, 11) is 0. The molecule has 0 spiro atoms. The first-order chi connectivity index (χ1) is 5.11.